The predicted molar refractivity (Wildman–Crippen MR) is 175 cm³/mol. The van der Waals surface area contributed by atoms with Gasteiger partial charge in [0.15, 0.2) is 6.29 Å². The van der Waals surface area contributed by atoms with Gasteiger partial charge in [-0.15, -0.1) is 0 Å². The quantitative estimate of drug-likeness (QED) is 0.117. The van der Waals surface area contributed by atoms with E-state index in [0.717, 1.165) is 40.9 Å². The zero-order valence-electron chi connectivity index (χ0n) is 26.3. The molecule has 8 nitrogen and oxygen atoms in total. The number of hydrogen-bond acceptors (Lipinski definition) is 8. The molecule has 2 aliphatic rings. The molecule has 2 heterocycles. The van der Waals surface area contributed by atoms with Crippen LogP contribution in [0.1, 0.15) is 81.8 Å². The molecule has 0 bridgehead atoms. The standard InChI is InChI=1S/C38H42N2O6/c1-25-12-14-33(41)31(21-25)36(44)45-37(15-18-39-19-16-37)29-10-6-7-27(23-29)32-24-38(17-20-40-32,28-8-4-3-5-9-28)46-35(43)30-13-11-26(2)22-34(30)42/h3-14,21-23,32,36,39-42,44H,15-20,24H2,1-2H3. The minimum Gasteiger partial charge on any atom is -0.507 e. The van der Waals surface area contributed by atoms with E-state index < -0.39 is 23.5 Å². The maximum absolute atomic E-state index is 13.6. The summed E-state index contributed by atoms with van der Waals surface area (Å²) in [6.07, 6.45) is 1.02. The van der Waals surface area contributed by atoms with Gasteiger partial charge >= 0.3 is 5.97 Å². The number of aromatic hydroxyl groups is 2. The first-order valence-corrected chi connectivity index (χ1v) is 16.0. The third-order valence-corrected chi connectivity index (χ3v) is 9.43. The molecule has 2 aliphatic heterocycles. The number of carbonyl (C=O) groups is 1. The molecular formula is C38H42N2O6. The second-order valence-electron chi connectivity index (χ2n) is 12.6. The number of aliphatic hydroxyl groups excluding tert-OH is 1. The number of piperidine rings is 2. The molecule has 0 aromatic heterocycles. The topological polar surface area (TPSA) is 120 Å². The Kier molecular flexibility index (Phi) is 9.15. The van der Waals surface area contributed by atoms with E-state index in [9.17, 15) is 20.1 Å². The number of carbonyl (C=O) groups excluding carboxylic acids is 1. The molecule has 4 aromatic rings. The summed E-state index contributed by atoms with van der Waals surface area (Å²) in [6.45, 7) is 5.81. The minimum absolute atomic E-state index is 0.00639. The van der Waals surface area contributed by atoms with Crippen molar-refractivity contribution in [2.45, 2.75) is 63.1 Å². The van der Waals surface area contributed by atoms with Crippen molar-refractivity contribution in [3.05, 3.63) is 130 Å². The number of esters is 1. The molecule has 3 unspecified atom stereocenters. The predicted octanol–water partition coefficient (Wildman–Crippen LogP) is 6.18. The van der Waals surface area contributed by atoms with Gasteiger partial charge in [-0.2, -0.15) is 0 Å². The maximum Gasteiger partial charge on any atom is 0.342 e. The van der Waals surface area contributed by atoms with Gasteiger partial charge in [0.2, 0.25) is 0 Å². The van der Waals surface area contributed by atoms with Crippen molar-refractivity contribution in [3.8, 4) is 11.5 Å². The van der Waals surface area contributed by atoms with E-state index >= 15 is 0 Å². The Morgan fingerprint density at radius 3 is 2.24 bits per heavy atom. The van der Waals surface area contributed by atoms with Crippen molar-refractivity contribution in [1.82, 2.24) is 10.6 Å². The lowest BCUT2D eigenvalue weighted by molar-refractivity contribution is -0.205. The zero-order chi connectivity index (χ0) is 32.3. The first-order valence-electron chi connectivity index (χ1n) is 16.0. The van der Waals surface area contributed by atoms with Gasteiger partial charge in [0.05, 0.1) is 5.60 Å². The molecule has 8 heteroatoms. The zero-order valence-corrected chi connectivity index (χ0v) is 26.3. The lowest BCUT2D eigenvalue weighted by Gasteiger charge is -2.42. The normalized spacial score (nSPS) is 21.8. The summed E-state index contributed by atoms with van der Waals surface area (Å²) in [7, 11) is 0. The van der Waals surface area contributed by atoms with Crippen LogP contribution in [0.15, 0.2) is 91.0 Å². The van der Waals surface area contributed by atoms with Crippen LogP contribution in [0.25, 0.3) is 0 Å². The lowest BCUT2D eigenvalue weighted by Crippen LogP contribution is -2.45. The van der Waals surface area contributed by atoms with Gasteiger partial charge in [-0.3, -0.25) is 0 Å². The summed E-state index contributed by atoms with van der Waals surface area (Å²) in [5.41, 5.74) is 3.40. The van der Waals surface area contributed by atoms with Gasteiger partial charge in [-0.1, -0.05) is 72.3 Å². The van der Waals surface area contributed by atoms with E-state index in [0.29, 0.717) is 37.8 Å². The van der Waals surface area contributed by atoms with E-state index in [-0.39, 0.29) is 23.1 Å². The number of hydrogen-bond donors (Lipinski definition) is 5. The summed E-state index contributed by atoms with van der Waals surface area (Å²) in [4.78, 5) is 13.6. The van der Waals surface area contributed by atoms with Crippen LogP contribution in [-0.2, 0) is 20.7 Å². The highest BCUT2D eigenvalue weighted by molar-refractivity contribution is 5.92. The fraction of sp³-hybridized carbons (Fsp3) is 0.342. The number of ether oxygens (including phenoxy) is 2. The SMILES string of the molecule is Cc1ccc(C(=O)OC2(c3ccccc3)CCNC(c3cccc(C4(OC(O)c5cc(C)ccc5O)CCNCC4)c3)C2)c(O)c1. The van der Waals surface area contributed by atoms with Crippen LogP contribution in [0.4, 0.5) is 0 Å². The average Bonchev–Trinajstić information content (AvgIpc) is 3.06. The molecule has 0 radical (unpaired) electrons. The number of aryl methyl sites for hydroxylation is 2. The van der Waals surface area contributed by atoms with Crippen molar-refractivity contribution >= 4 is 5.97 Å². The smallest absolute Gasteiger partial charge is 0.342 e. The number of phenols is 2. The molecule has 4 aromatic carbocycles. The van der Waals surface area contributed by atoms with Crippen molar-refractivity contribution in [2.75, 3.05) is 19.6 Å². The van der Waals surface area contributed by atoms with Gasteiger partial charge in [-0.25, -0.2) is 4.79 Å². The number of phenolic OH excluding ortho intramolecular Hbond substituents is 2. The summed E-state index contributed by atoms with van der Waals surface area (Å²) >= 11 is 0. The van der Waals surface area contributed by atoms with E-state index in [1.54, 1.807) is 36.4 Å². The first-order chi connectivity index (χ1) is 22.2. The van der Waals surface area contributed by atoms with Gasteiger partial charge in [-0.05, 0) is 92.8 Å². The summed E-state index contributed by atoms with van der Waals surface area (Å²) in [5, 5.41) is 39.3. The van der Waals surface area contributed by atoms with E-state index in [2.05, 4.69) is 22.8 Å². The number of nitrogens with one attached hydrogen (secondary N) is 2. The van der Waals surface area contributed by atoms with Gasteiger partial charge in [0, 0.05) is 24.4 Å². The Balaban J connectivity index is 1.32. The Labute approximate surface area is 270 Å². The van der Waals surface area contributed by atoms with Crippen LogP contribution in [0, 0.1) is 13.8 Å². The average molecular weight is 623 g/mol. The largest absolute Gasteiger partial charge is 0.507 e. The summed E-state index contributed by atoms with van der Waals surface area (Å²) in [5.74, 6) is -0.667. The fourth-order valence-corrected chi connectivity index (χ4v) is 6.88. The Morgan fingerprint density at radius 1 is 0.783 bits per heavy atom. The molecule has 0 saturated carbocycles. The van der Waals surface area contributed by atoms with E-state index in [1.165, 1.54) is 0 Å². The van der Waals surface area contributed by atoms with Crippen LogP contribution in [0.5, 0.6) is 11.5 Å². The highest BCUT2D eigenvalue weighted by Crippen LogP contribution is 2.45. The molecule has 0 aliphatic carbocycles. The van der Waals surface area contributed by atoms with Crippen LogP contribution in [0.2, 0.25) is 0 Å². The number of aliphatic hydroxyl groups is 1. The maximum atomic E-state index is 13.6. The lowest BCUT2D eigenvalue weighted by atomic mass is 9.78. The first kappa shape index (κ1) is 31.8. The molecular weight excluding hydrogens is 580 g/mol. The Hall–Kier alpha value is -4.21. The molecule has 0 spiro atoms. The monoisotopic (exact) mass is 622 g/mol. The highest BCUT2D eigenvalue weighted by Gasteiger charge is 2.43. The van der Waals surface area contributed by atoms with E-state index in [4.69, 9.17) is 9.47 Å². The Morgan fingerprint density at radius 2 is 1.48 bits per heavy atom. The fourth-order valence-electron chi connectivity index (χ4n) is 6.88. The van der Waals surface area contributed by atoms with Crippen LogP contribution >= 0.6 is 0 Å². The van der Waals surface area contributed by atoms with Crippen LogP contribution in [-0.4, -0.2) is 40.9 Å². The van der Waals surface area contributed by atoms with Crippen molar-refractivity contribution in [3.63, 3.8) is 0 Å². The molecule has 240 valence electrons. The molecule has 46 heavy (non-hydrogen) atoms. The second-order valence-corrected chi connectivity index (χ2v) is 12.6. The molecule has 5 N–H and O–H groups in total. The van der Waals surface area contributed by atoms with Crippen molar-refractivity contribution in [2.24, 2.45) is 0 Å². The van der Waals surface area contributed by atoms with Gasteiger partial charge in [0.25, 0.3) is 0 Å². The van der Waals surface area contributed by atoms with Crippen LogP contribution in [0.3, 0.4) is 0 Å². The van der Waals surface area contributed by atoms with Crippen molar-refractivity contribution < 1.29 is 29.6 Å². The van der Waals surface area contributed by atoms with E-state index in [1.807, 2.05) is 56.3 Å². The molecule has 3 atom stereocenters. The van der Waals surface area contributed by atoms with Gasteiger partial charge < -0.3 is 35.4 Å². The third-order valence-electron chi connectivity index (χ3n) is 9.43. The minimum atomic E-state index is -1.31. The van der Waals surface area contributed by atoms with Gasteiger partial charge in [0.1, 0.15) is 22.7 Å². The highest BCUT2D eigenvalue weighted by atomic mass is 16.6. The Bertz CT molecular complexity index is 1690. The molecule has 6 rings (SSSR count). The molecule has 2 fully saturated rings. The second kappa shape index (κ2) is 13.3. The third kappa shape index (κ3) is 6.52. The summed E-state index contributed by atoms with van der Waals surface area (Å²) in [6, 6.07) is 28.0. The molecule has 2 saturated heterocycles. The molecule has 0 amide bonds. The summed E-state index contributed by atoms with van der Waals surface area (Å²) < 4.78 is 12.9. The van der Waals surface area contributed by atoms with Crippen LogP contribution < -0.4 is 10.6 Å². The van der Waals surface area contributed by atoms with Crippen molar-refractivity contribution in [1.29, 1.82) is 0 Å². The number of benzene rings is 4. The number of rotatable bonds is 8.